The van der Waals surface area contributed by atoms with Gasteiger partial charge in [-0.2, -0.15) is 0 Å². The van der Waals surface area contributed by atoms with E-state index in [4.69, 9.17) is 19.7 Å². The highest BCUT2D eigenvalue weighted by Crippen LogP contribution is 2.62. The predicted molar refractivity (Wildman–Crippen MR) is 242 cm³/mol. The molecule has 1 spiro atoms. The van der Waals surface area contributed by atoms with E-state index in [1.54, 1.807) is 0 Å². The molecule has 0 amide bonds. The lowest BCUT2D eigenvalue weighted by atomic mass is 9.65. The minimum absolute atomic E-state index is 0.531. The topological polar surface area (TPSA) is 47.9 Å². The summed E-state index contributed by atoms with van der Waals surface area (Å²) in [6, 6.07) is 75.1. The molecule has 280 valence electrons. The van der Waals surface area contributed by atoms with Crippen molar-refractivity contribution in [1.82, 2.24) is 15.0 Å². The molecule has 2 aliphatic rings. The molecule has 60 heavy (non-hydrogen) atoms. The largest absolute Gasteiger partial charge is 0.457 e. The van der Waals surface area contributed by atoms with Crippen LogP contribution < -0.4 is 4.74 Å². The first kappa shape index (κ1) is 34.1. The Bertz CT molecular complexity index is 3200. The van der Waals surface area contributed by atoms with Crippen LogP contribution >= 0.6 is 0 Å². The monoisotopic (exact) mass is 765 g/mol. The van der Waals surface area contributed by atoms with Gasteiger partial charge in [0.25, 0.3) is 0 Å². The van der Waals surface area contributed by atoms with Gasteiger partial charge in [0.05, 0.1) is 5.41 Å². The standard InChI is InChI=1S/C56H35N3O/c1-3-15-36(16-4-1)53-57-54(37-17-5-2-6-18-37)59-55(58-53)44-24-14-23-40(32-44)38-21-13-22-39(31-38)43-29-30-49-51(35-43)60-52-34-42-20-8-7-19-41(42)33-50(52)56(49)47-27-11-9-25-45(47)46-26-10-12-28-48(46)56/h1-35H. The Morgan fingerprint density at radius 2 is 0.717 bits per heavy atom. The molecule has 4 heteroatoms. The maximum absolute atomic E-state index is 7.01. The number of ether oxygens (including phenoxy) is 1. The van der Waals surface area contributed by atoms with Gasteiger partial charge in [-0.15, -0.1) is 0 Å². The van der Waals surface area contributed by atoms with E-state index in [1.807, 2.05) is 60.7 Å². The molecule has 4 nitrogen and oxygen atoms in total. The Labute approximate surface area is 348 Å². The maximum Gasteiger partial charge on any atom is 0.164 e. The summed E-state index contributed by atoms with van der Waals surface area (Å²) in [6.07, 6.45) is 0. The first-order chi connectivity index (χ1) is 29.7. The summed E-state index contributed by atoms with van der Waals surface area (Å²) in [5.74, 6) is 3.67. The molecule has 0 radical (unpaired) electrons. The summed E-state index contributed by atoms with van der Waals surface area (Å²) in [4.78, 5) is 14.9. The molecule has 0 unspecified atom stereocenters. The molecule has 1 aromatic heterocycles. The van der Waals surface area contributed by atoms with Crippen LogP contribution in [0.25, 0.3) is 78.3 Å². The van der Waals surface area contributed by atoms with Crippen LogP contribution in [0.3, 0.4) is 0 Å². The van der Waals surface area contributed by atoms with Gasteiger partial charge in [-0.25, -0.2) is 15.0 Å². The SMILES string of the molecule is c1ccc(-c2nc(-c3ccccc3)nc(-c3cccc(-c4cccc(-c5ccc6c(c5)Oc5cc7ccccc7cc5C65c6ccccc6-c6ccccc65)c4)c3)n2)cc1. The number of rotatable bonds is 5. The molecule has 0 atom stereocenters. The smallest absolute Gasteiger partial charge is 0.164 e. The summed E-state index contributed by atoms with van der Waals surface area (Å²) in [6.45, 7) is 0. The van der Waals surface area contributed by atoms with E-state index in [-0.39, 0.29) is 0 Å². The molecular formula is C56H35N3O. The molecule has 12 rings (SSSR count). The average molecular weight is 766 g/mol. The summed E-state index contributed by atoms with van der Waals surface area (Å²) in [7, 11) is 0. The molecule has 0 bridgehead atoms. The lowest BCUT2D eigenvalue weighted by Gasteiger charge is -2.39. The van der Waals surface area contributed by atoms with Crippen molar-refractivity contribution >= 4 is 10.8 Å². The second-order valence-corrected chi connectivity index (χ2v) is 15.5. The molecule has 10 aromatic rings. The van der Waals surface area contributed by atoms with Crippen molar-refractivity contribution in [3.63, 3.8) is 0 Å². The molecule has 1 aliphatic carbocycles. The molecule has 0 N–H and O–H groups in total. The zero-order valence-electron chi connectivity index (χ0n) is 32.5. The quantitative estimate of drug-likeness (QED) is 0.175. The molecule has 1 aliphatic heterocycles. The Morgan fingerprint density at radius 1 is 0.283 bits per heavy atom. The fourth-order valence-electron chi connectivity index (χ4n) is 9.43. The zero-order chi connectivity index (χ0) is 39.6. The number of fused-ring (bicyclic) bond motifs is 10. The third-order valence-electron chi connectivity index (χ3n) is 12.2. The molecule has 0 fully saturated rings. The number of hydrogen-bond acceptors (Lipinski definition) is 4. The number of aromatic nitrogens is 3. The van der Waals surface area contributed by atoms with E-state index >= 15 is 0 Å². The van der Waals surface area contributed by atoms with Crippen LogP contribution in [0.15, 0.2) is 212 Å². The zero-order valence-corrected chi connectivity index (χ0v) is 32.5. The van der Waals surface area contributed by atoms with E-state index in [2.05, 4.69) is 152 Å². The van der Waals surface area contributed by atoms with Crippen molar-refractivity contribution in [2.75, 3.05) is 0 Å². The fraction of sp³-hybridized carbons (Fsp3) is 0.0179. The van der Waals surface area contributed by atoms with E-state index in [0.717, 1.165) is 61.4 Å². The first-order valence-electron chi connectivity index (χ1n) is 20.3. The van der Waals surface area contributed by atoms with E-state index in [9.17, 15) is 0 Å². The number of benzene rings is 9. The third-order valence-corrected chi connectivity index (χ3v) is 12.2. The van der Waals surface area contributed by atoms with Crippen molar-refractivity contribution in [3.05, 3.63) is 235 Å². The van der Waals surface area contributed by atoms with E-state index in [1.165, 1.54) is 33.2 Å². The maximum atomic E-state index is 7.01. The van der Waals surface area contributed by atoms with Gasteiger partial charge in [-0.05, 0) is 85.6 Å². The van der Waals surface area contributed by atoms with Crippen LogP contribution in [0.4, 0.5) is 0 Å². The Hall–Kier alpha value is -7.95. The van der Waals surface area contributed by atoms with Gasteiger partial charge >= 0.3 is 0 Å². The first-order valence-corrected chi connectivity index (χ1v) is 20.3. The molecule has 2 heterocycles. The lowest BCUT2D eigenvalue weighted by molar-refractivity contribution is 0.437. The van der Waals surface area contributed by atoms with Gasteiger partial charge in [0.15, 0.2) is 17.5 Å². The van der Waals surface area contributed by atoms with Gasteiger partial charge in [-0.1, -0.05) is 182 Å². The van der Waals surface area contributed by atoms with Crippen molar-refractivity contribution in [3.8, 4) is 79.0 Å². The Balaban J connectivity index is 0.970. The van der Waals surface area contributed by atoms with Gasteiger partial charge < -0.3 is 4.74 Å². The molecule has 0 saturated heterocycles. The van der Waals surface area contributed by atoms with Gasteiger partial charge in [0.1, 0.15) is 11.5 Å². The summed E-state index contributed by atoms with van der Waals surface area (Å²) in [5.41, 5.74) is 14.1. The van der Waals surface area contributed by atoms with Crippen molar-refractivity contribution < 1.29 is 4.74 Å². The Kier molecular flexibility index (Phi) is 7.72. The fourth-order valence-corrected chi connectivity index (χ4v) is 9.43. The number of hydrogen-bond donors (Lipinski definition) is 0. The Morgan fingerprint density at radius 3 is 1.32 bits per heavy atom. The van der Waals surface area contributed by atoms with Gasteiger partial charge in [0.2, 0.25) is 0 Å². The van der Waals surface area contributed by atoms with Crippen LogP contribution in [-0.2, 0) is 5.41 Å². The highest BCUT2D eigenvalue weighted by Gasteiger charge is 2.51. The minimum Gasteiger partial charge on any atom is -0.457 e. The summed E-state index contributed by atoms with van der Waals surface area (Å²) < 4.78 is 7.01. The lowest BCUT2D eigenvalue weighted by Crippen LogP contribution is -2.32. The molecule has 0 saturated carbocycles. The number of nitrogens with zero attached hydrogens (tertiary/aromatic N) is 3. The second kappa shape index (κ2) is 13.6. The van der Waals surface area contributed by atoms with Crippen molar-refractivity contribution in [1.29, 1.82) is 0 Å². The van der Waals surface area contributed by atoms with Gasteiger partial charge in [-0.3, -0.25) is 0 Å². The molecular weight excluding hydrogens is 731 g/mol. The predicted octanol–water partition coefficient (Wildman–Crippen LogP) is 13.8. The average Bonchev–Trinajstić information content (AvgIpc) is 3.62. The minimum atomic E-state index is -0.531. The summed E-state index contributed by atoms with van der Waals surface area (Å²) in [5, 5.41) is 2.36. The van der Waals surface area contributed by atoms with Crippen LogP contribution in [0, 0.1) is 0 Å². The van der Waals surface area contributed by atoms with Crippen LogP contribution in [0.1, 0.15) is 22.3 Å². The second-order valence-electron chi connectivity index (χ2n) is 15.5. The van der Waals surface area contributed by atoms with Crippen LogP contribution in [-0.4, -0.2) is 15.0 Å². The van der Waals surface area contributed by atoms with Crippen molar-refractivity contribution in [2.45, 2.75) is 5.41 Å². The van der Waals surface area contributed by atoms with Crippen LogP contribution in [0.2, 0.25) is 0 Å². The highest BCUT2D eigenvalue weighted by molar-refractivity contribution is 5.93. The highest BCUT2D eigenvalue weighted by atomic mass is 16.5. The van der Waals surface area contributed by atoms with E-state index in [0.29, 0.717) is 17.5 Å². The third kappa shape index (κ3) is 5.35. The van der Waals surface area contributed by atoms with Crippen LogP contribution in [0.5, 0.6) is 11.5 Å². The van der Waals surface area contributed by atoms with E-state index < -0.39 is 5.41 Å². The summed E-state index contributed by atoms with van der Waals surface area (Å²) >= 11 is 0. The normalized spacial score (nSPS) is 12.9. The van der Waals surface area contributed by atoms with Gasteiger partial charge in [0, 0.05) is 27.8 Å². The molecule has 9 aromatic carbocycles. The van der Waals surface area contributed by atoms with Crippen molar-refractivity contribution in [2.24, 2.45) is 0 Å².